The Labute approximate surface area is 192 Å². The molecule has 0 saturated heterocycles. The molecule has 0 N–H and O–H groups in total. The van der Waals surface area contributed by atoms with E-state index >= 15 is 0 Å². The van der Waals surface area contributed by atoms with Gasteiger partial charge in [-0.3, -0.25) is 9.59 Å². The van der Waals surface area contributed by atoms with Crippen molar-refractivity contribution in [2.45, 2.75) is 26.9 Å². The molecule has 0 unspecified atom stereocenters. The summed E-state index contributed by atoms with van der Waals surface area (Å²) in [5, 5.41) is 0. The molecule has 33 heavy (non-hydrogen) atoms. The van der Waals surface area contributed by atoms with Crippen LogP contribution >= 0.6 is 0 Å². The van der Waals surface area contributed by atoms with Gasteiger partial charge in [-0.05, 0) is 62.7 Å². The van der Waals surface area contributed by atoms with Crippen LogP contribution in [0.3, 0.4) is 0 Å². The molecule has 1 heterocycles. The average molecular weight is 445 g/mol. The molecule has 5 nitrogen and oxygen atoms in total. The Morgan fingerprint density at radius 2 is 1.52 bits per heavy atom. The zero-order chi connectivity index (χ0) is 23.5. The normalized spacial score (nSPS) is 13.8. The number of nitrogens with zero attached hydrogens (tertiary/aromatic N) is 2. The van der Waals surface area contributed by atoms with E-state index in [-0.39, 0.29) is 23.1 Å². The monoisotopic (exact) mass is 444 g/mol. The number of amides is 2. The molecule has 3 aromatic carbocycles. The van der Waals surface area contributed by atoms with Crippen LogP contribution in [0.1, 0.15) is 26.3 Å². The van der Waals surface area contributed by atoms with Crippen molar-refractivity contribution in [3.05, 3.63) is 95.9 Å². The van der Waals surface area contributed by atoms with Crippen LogP contribution in [0.15, 0.2) is 84.6 Å². The van der Waals surface area contributed by atoms with E-state index in [0.717, 1.165) is 10.6 Å². The zero-order valence-corrected chi connectivity index (χ0v) is 18.8. The predicted molar refractivity (Wildman–Crippen MR) is 127 cm³/mol. The SMILES string of the molecule is CCN(C1=C(c2ccc(OC(C)C)cc2)C(=O)N(c2ccccc2F)C1=O)c1ccccc1. The first kappa shape index (κ1) is 22.3. The highest BCUT2D eigenvalue weighted by Crippen LogP contribution is 2.37. The van der Waals surface area contributed by atoms with Gasteiger partial charge in [-0.2, -0.15) is 0 Å². The van der Waals surface area contributed by atoms with E-state index in [9.17, 15) is 14.0 Å². The maximum absolute atomic E-state index is 14.6. The summed E-state index contributed by atoms with van der Waals surface area (Å²) in [6.07, 6.45) is 0.00512. The van der Waals surface area contributed by atoms with Gasteiger partial charge in [0.25, 0.3) is 11.8 Å². The molecule has 0 aliphatic carbocycles. The van der Waals surface area contributed by atoms with E-state index in [4.69, 9.17) is 4.74 Å². The first-order chi connectivity index (χ1) is 15.9. The molecule has 6 heteroatoms. The van der Waals surface area contributed by atoms with Crippen LogP contribution in [-0.4, -0.2) is 24.5 Å². The Kier molecular flexibility index (Phi) is 6.27. The van der Waals surface area contributed by atoms with Crippen LogP contribution in [0.25, 0.3) is 5.57 Å². The summed E-state index contributed by atoms with van der Waals surface area (Å²) < 4.78 is 20.3. The lowest BCUT2D eigenvalue weighted by Gasteiger charge is -2.25. The third-order valence-electron chi connectivity index (χ3n) is 5.32. The number of hydrogen-bond donors (Lipinski definition) is 0. The highest BCUT2D eigenvalue weighted by Gasteiger charge is 2.43. The number of benzene rings is 3. The largest absolute Gasteiger partial charge is 0.491 e. The number of carbonyl (C=O) groups is 2. The number of halogens is 1. The van der Waals surface area contributed by atoms with Gasteiger partial charge in [0.05, 0.1) is 17.4 Å². The van der Waals surface area contributed by atoms with E-state index < -0.39 is 17.6 Å². The smallest absolute Gasteiger partial charge is 0.282 e. The van der Waals surface area contributed by atoms with Gasteiger partial charge in [0.1, 0.15) is 17.3 Å². The van der Waals surface area contributed by atoms with Crippen LogP contribution in [-0.2, 0) is 9.59 Å². The lowest BCUT2D eigenvalue weighted by Crippen LogP contribution is -2.35. The number of ether oxygens (including phenoxy) is 1. The second-order valence-corrected chi connectivity index (χ2v) is 7.89. The third kappa shape index (κ3) is 4.24. The quantitative estimate of drug-likeness (QED) is 0.457. The topological polar surface area (TPSA) is 49.9 Å². The molecule has 0 atom stereocenters. The van der Waals surface area contributed by atoms with Gasteiger partial charge < -0.3 is 9.64 Å². The number of rotatable bonds is 7. The predicted octanol–water partition coefficient (Wildman–Crippen LogP) is 5.42. The molecule has 0 radical (unpaired) electrons. The minimum absolute atomic E-state index is 0.00512. The molecular weight excluding hydrogens is 419 g/mol. The minimum Gasteiger partial charge on any atom is -0.491 e. The first-order valence-corrected chi connectivity index (χ1v) is 10.9. The molecule has 4 rings (SSSR count). The standard InChI is InChI=1S/C27H25FN2O3/c1-4-29(20-10-6-5-7-11-20)25-24(19-14-16-21(17-15-19)33-18(2)3)26(31)30(27(25)32)23-13-9-8-12-22(23)28/h5-18H,4H2,1-3H3. The zero-order valence-electron chi connectivity index (χ0n) is 18.8. The summed E-state index contributed by atoms with van der Waals surface area (Å²) in [5.74, 6) is -1.10. The van der Waals surface area contributed by atoms with Crippen molar-refractivity contribution in [2.75, 3.05) is 16.3 Å². The molecule has 1 aliphatic rings. The summed E-state index contributed by atoms with van der Waals surface area (Å²) in [7, 11) is 0. The molecule has 0 fully saturated rings. The van der Waals surface area contributed by atoms with Crippen LogP contribution in [0.5, 0.6) is 5.75 Å². The van der Waals surface area contributed by atoms with Crippen molar-refractivity contribution in [3.8, 4) is 5.75 Å². The summed E-state index contributed by atoms with van der Waals surface area (Å²) in [6, 6.07) is 22.2. The van der Waals surface area contributed by atoms with E-state index in [0.29, 0.717) is 17.9 Å². The van der Waals surface area contributed by atoms with Crippen molar-refractivity contribution < 1.29 is 18.7 Å². The number of imide groups is 1. The summed E-state index contributed by atoms with van der Waals surface area (Å²) in [4.78, 5) is 30.0. The summed E-state index contributed by atoms with van der Waals surface area (Å²) >= 11 is 0. The number of para-hydroxylation sites is 2. The van der Waals surface area contributed by atoms with Crippen molar-refractivity contribution in [1.82, 2.24) is 0 Å². The molecule has 0 spiro atoms. The summed E-state index contributed by atoms with van der Waals surface area (Å²) in [5.41, 5.74) is 1.71. The van der Waals surface area contributed by atoms with Gasteiger partial charge >= 0.3 is 0 Å². The van der Waals surface area contributed by atoms with E-state index in [2.05, 4.69) is 0 Å². The van der Waals surface area contributed by atoms with Crippen molar-refractivity contribution in [1.29, 1.82) is 0 Å². The Balaban J connectivity index is 1.87. The fourth-order valence-corrected chi connectivity index (χ4v) is 3.93. The third-order valence-corrected chi connectivity index (χ3v) is 5.32. The average Bonchev–Trinajstić information content (AvgIpc) is 3.06. The van der Waals surface area contributed by atoms with E-state index in [1.807, 2.05) is 51.1 Å². The molecule has 1 aliphatic heterocycles. The maximum atomic E-state index is 14.6. The first-order valence-electron chi connectivity index (χ1n) is 10.9. The fourth-order valence-electron chi connectivity index (χ4n) is 3.93. The van der Waals surface area contributed by atoms with Gasteiger partial charge in [0, 0.05) is 12.2 Å². The Morgan fingerprint density at radius 1 is 0.879 bits per heavy atom. The second kappa shape index (κ2) is 9.28. The van der Waals surface area contributed by atoms with Gasteiger partial charge in [0.15, 0.2) is 0 Å². The molecule has 3 aromatic rings. The fraction of sp³-hybridized carbons (Fsp3) is 0.185. The Morgan fingerprint density at radius 3 is 2.12 bits per heavy atom. The van der Waals surface area contributed by atoms with E-state index in [1.54, 1.807) is 35.2 Å². The van der Waals surface area contributed by atoms with Crippen LogP contribution < -0.4 is 14.5 Å². The van der Waals surface area contributed by atoms with Crippen molar-refractivity contribution in [2.24, 2.45) is 0 Å². The van der Waals surface area contributed by atoms with Crippen molar-refractivity contribution in [3.63, 3.8) is 0 Å². The number of anilines is 2. The molecular formula is C27H25FN2O3. The molecule has 0 saturated carbocycles. The van der Waals surface area contributed by atoms with Crippen LogP contribution in [0, 0.1) is 5.82 Å². The maximum Gasteiger partial charge on any atom is 0.282 e. The molecule has 0 bridgehead atoms. The lowest BCUT2D eigenvalue weighted by molar-refractivity contribution is -0.120. The van der Waals surface area contributed by atoms with Crippen molar-refractivity contribution >= 4 is 28.8 Å². The molecule has 0 aromatic heterocycles. The van der Waals surface area contributed by atoms with Gasteiger partial charge in [-0.15, -0.1) is 0 Å². The summed E-state index contributed by atoms with van der Waals surface area (Å²) in [6.45, 7) is 6.21. The molecule has 2 amide bonds. The van der Waals surface area contributed by atoms with E-state index in [1.165, 1.54) is 18.2 Å². The van der Waals surface area contributed by atoms with Gasteiger partial charge in [-0.25, -0.2) is 9.29 Å². The van der Waals surface area contributed by atoms with Gasteiger partial charge in [-0.1, -0.05) is 42.5 Å². The number of carbonyl (C=O) groups excluding carboxylic acids is 2. The van der Waals surface area contributed by atoms with Gasteiger partial charge in [0.2, 0.25) is 0 Å². The highest BCUT2D eigenvalue weighted by molar-refractivity contribution is 6.46. The van der Waals surface area contributed by atoms with Crippen LogP contribution in [0.2, 0.25) is 0 Å². The molecule has 168 valence electrons. The lowest BCUT2D eigenvalue weighted by atomic mass is 10.0. The Hall–Kier alpha value is -3.93. The second-order valence-electron chi connectivity index (χ2n) is 7.89. The minimum atomic E-state index is -0.636. The highest BCUT2D eigenvalue weighted by atomic mass is 19.1. The number of hydrogen-bond acceptors (Lipinski definition) is 4. The Bertz CT molecular complexity index is 1200. The van der Waals surface area contributed by atoms with Crippen LogP contribution in [0.4, 0.5) is 15.8 Å². The number of likely N-dealkylation sites (N-methyl/N-ethyl adjacent to an activating group) is 1.